The Morgan fingerprint density at radius 3 is 2.44 bits per heavy atom. The van der Waals surface area contributed by atoms with Crippen LogP contribution in [0.15, 0.2) is 42.6 Å². The van der Waals surface area contributed by atoms with E-state index in [9.17, 15) is 13.2 Å². The molecule has 4 nitrogen and oxygen atoms in total. The third-order valence-corrected chi connectivity index (χ3v) is 4.26. The largest absolute Gasteiger partial charge is 0.418 e. The van der Waals surface area contributed by atoms with E-state index in [0.717, 1.165) is 11.8 Å². The second-order valence-corrected chi connectivity index (χ2v) is 5.93. The Morgan fingerprint density at radius 1 is 1.08 bits per heavy atom. The molecule has 7 heteroatoms. The number of anilines is 1. The van der Waals surface area contributed by atoms with Crippen molar-refractivity contribution in [1.29, 1.82) is 5.26 Å². The molecule has 1 saturated heterocycles. The van der Waals surface area contributed by atoms with Gasteiger partial charge >= 0.3 is 6.18 Å². The molecule has 1 aliphatic heterocycles. The van der Waals surface area contributed by atoms with E-state index in [1.165, 1.54) is 12.1 Å². The maximum atomic E-state index is 13.3. The minimum atomic E-state index is -4.48. The number of hydrogen-bond acceptors (Lipinski definition) is 4. The normalized spacial score (nSPS) is 15.8. The topological polar surface area (TPSA) is 43.2 Å². The van der Waals surface area contributed by atoms with Crippen molar-refractivity contribution in [2.75, 3.05) is 31.1 Å². The maximum absolute atomic E-state index is 13.3. The van der Waals surface area contributed by atoms with E-state index in [4.69, 9.17) is 5.26 Å². The fourth-order valence-corrected chi connectivity index (χ4v) is 2.98. The van der Waals surface area contributed by atoms with Gasteiger partial charge in [0.2, 0.25) is 0 Å². The molecule has 0 atom stereocenters. The zero-order valence-corrected chi connectivity index (χ0v) is 13.5. The van der Waals surface area contributed by atoms with Gasteiger partial charge in [0, 0.05) is 44.6 Å². The van der Waals surface area contributed by atoms with Crippen molar-refractivity contribution < 1.29 is 13.2 Å². The lowest BCUT2D eigenvalue weighted by atomic mass is 10.1. The minimum Gasteiger partial charge on any atom is -0.368 e. The standard InChI is InChI=1S/C18H17F3N4/c19-18(20,21)16-11-14(12-22)4-5-17(16)25-9-7-24(8-10-25)13-15-3-1-2-6-23-15/h1-6,11H,7-10,13H2. The number of pyridine rings is 1. The highest BCUT2D eigenvalue weighted by Crippen LogP contribution is 2.37. The van der Waals surface area contributed by atoms with Crippen molar-refractivity contribution in [1.82, 2.24) is 9.88 Å². The summed E-state index contributed by atoms with van der Waals surface area (Å²) in [4.78, 5) is 8.19. The van der Waals surface area contributed by atoms with E-state index in [1.54, 1.807) is 17.2 Å². The second kappa shape index (κ2) is 7.11. The van der Waals surface area contributed by atoms with Gasteiger partial charge in [-0.2, -0.15) is 18.4 Å². The molecule has 2 heterocycles. The number of alkyl halides is 3. The molecule has 0 radical (unpaired) electrons. The SMILES string of the molecule is N#Cc1ccc(N2CCN(Cc3ccccn3)CC2)c(C(F)(F)F)c1. The summed E-state index contributed by atoms with van der Waals surface area (Å²) in [5, 5.41) is 8.86. The highest BCUT2D eigenvalue weighted by Gasteiger charge is 2.35. The molecular weight excluding hydrogens is 329 g/mol. The van der Waals surface area contributed by atoms with Gasteiger partial charge < -0.3 is 4.90 Å². The smallest absolute Gasteiger partial charge is 0.368 e. The summed E-state index contributed by atoms with van der Waals surface area (Å²) in [7, 11) is 0. The molecule has 0 aliphatic carbocycles. The van der Waals surface area contributed by atoms with Gasteiger partial charge in [0.1, 0.15) is 0 Å². The Hall–Kier alpha value is -2.59. The van der Waals surface area contributed by atoms with Crippen LogP contribution in [-0.4, -0.2) is 36.1 Å². The monoisotopic (exact) mass is 346 g/mol. The van der Waals surface area contributed by atoms with Gasteiger partial charge in [0.05, 0.1) is 22.9 Å². The van der Waals surface area contributed by atoms with Crippen molar-refractivity contribution in [3.05, 3.63) is 59.4 Å². The van der Waals surface area contributed by atoms with Crippen molar-refractivity contribution in [2.24, 2.45) is 0 Å². The number of piperazine rings is 1. The number of hydrogen-bond donors (Lipinski definition) is 0. The van der Waals surface area contributed by atoms with Crippen LogP contribution in [0.3, 0.4) is 0 Å². The van der Waals surface area contributed by atoms with Gasteiger partial charge in [-0.15, -0.1) is 0 Å². The van der Waals surface area contributed by atoms with E-state index >= 15 is 0 Å². The van der Waals surface area contributed by atoms with Crippen LogP contribution in [0.1, 0.15) is 16.8 Å². The number of nitrogens with zero attached hydrogens (tertiary/aromatic N) is 4. The fraction of sp³-hybridized carbons (Fsp3) is 0.333. The summed E-state index contributed by atoms with van der Waals surface area (Å²) in [5.74, 6) is 0. The highest BCUT2D eigenvalue weighted by atomic mass is 19.4. The van der Waals surface area contributed by atoms with Crippen LogP contribution in [0.25, 0.3) is 0 Å². The Labute approximate surface area is 144 Å². The molecule has 3 rings (SSSR count). The molecule has 0 bridgehead atoms. The predicted molar refractivity (Wildman–Crippen MR) is 87.9 cm³/mol. The molecule has 0 saturated carbocycles. The van der Waals surface area contributed by atoms with E-state index in [0.29, 0.717) is 32.7 Å². The third kappa shape index (κ3) is 4.09. The van der Waals surface area contributed by atoms with E-state index < -0.39 is 11.7 Å². The Balaban J connectivity index is 1.72. The minimum absolute atomic E-state index is 0.0184. The van der Waals surface area contributed by atoms with Crippen LogP contribution < -0.4 is 4.90 Å². The first kappa shape index (κ1) is 17.2. The van der Waals surface area contributed by atoms with Gasteiger partial charge in [-0.25, -0.2) is 0 Å². The van der Waals surface area contributed by atoms with Crippen molar-refractivity contribution in [3.8, 4) is 6.07 Å². The summed E-state index contributed by atoms with van der Waals surface area (Å²) in [5.41, 5.74) is 0.365. The van der Waals surface area contributed by atoms with E-state index in [-0.39, 0.29) is 11.3 Å². The molecule has 130 valence electrons. The Kier molecular flexibility index (Phi) is 4.91. The van der Waals surface area contributed by atoms with Gasteiger partial charge in [-0.1, -0.05) is 6.07 Å². The molecule has 0 unspecified atom stereocenters. The number of nitriles is 1. The highest BCUT2D eigenvalue weighted by molar-refractivity contribution is 5.58. The van der Waals surface area contributed by atoms with Gasteiger partial charge in [-0.3, -0.25) is 9.88 Å². The summed E-state index contributed by atoms with van der Waals surface area (Å²) in [6.07, 6.45) is -2.74. The third-order valence-electron chi connectivity index (χ3n) is 4.26. The van der Waals surface area contributed by atoms with Crippen molar-refractivity contribution >= 4 is 5.69 Å². The molecule has 1 aromatic carbocycles. The lowest BCUT2D eigenvalue weighted by Crippen LogP contribution is -2.46. The van der Waals surface area contributed by atoms with Crippen LogP contribution in [0.4, 0.5) is 18.9 Å². The predicted octanol–water partition coefficient (Wildman–Crippen LogP) is 3.29. The molecule has 25 heavy (non-hydrogen) atoms. The number of rotatable bonds is 3. The van der Waals surface area contributed by atoms with Crippen LogP contribution >= 0.6 is 0 Å². The van der Waals surface area contributed by atoms with E-state index in [2.05, 4.69) is 9.88 Å². The molecule has 0 spiro atoms. The van der Waals surface area contributed by atoms with Crippen LogP contribution in [0, 0.1) is 11.3 Å². The molecular formula is C18H17F3N4. The molecule has 2 aromatic rings. The lowest BCUT2D eigenvalue weighted by molar-refractivity contribution is -0.137. The molecule has 0 N–H and O–H groups in total. The Bertz CT molecular complexity index is 760. The number of aromatic nitrogens is 1. The van der Waals surface area contributed by atoms with Gasteiger partial charge in [0.25, 0.3) is 0 Å². The van der Waals surface area contributed by atoms with Crippen LogP contribution in [0.5, 0.6) is 0 Å². The fourth-order valence-electron chi connectivity index (χ4n) is 2.98. The lowest BCUT2D eigenvalue weighted by Gasteiger charge is -2.37. The van der Waals surface area contributed by atoms with Crippen LogP contribution in [-0.2, 0) is 12.7 Å². The number of halogens is 3. The van der Waals surface area contributed by atoms with Crippen molar-refractivity contribution in [3.63, 3.8) is 0 Å². The molecule has 0 amide bonds. The quantitative estimate of drug-likeness (QED) is 0.855. The van der Waals surface area contributed by atoms with Gasteiger partial charge in [0.15, 0.2) is 0 Å². The maximum Gasteiger partial charge on any atom is 0.418 e. The summed E-state index contributed by atoms with van der Waals surface area (Å²) in [6.45, 7) is 3.01. The first-order valence-corrected chi connectivity index (χ1v) is 7.96. The first-order chi connectivity index (χ1) is 12.0. The first-order valence-electron chi connectivity index (χ1n) is 7.96. The zero-order chi connectivity index (χ0) is 17.9. The molecule has 1 aliphatic rings. The summed E-state index contributed by atoms with van der Waals surface area (Å²) >= 11 is 0. The summed E-state index contributed by atoms with van der Waals surface area (Å²) in [6, 6.07) is 11.2. The van der Waals surface area contributed by atoms with E-state index in [1.807, 2.05) is 18.2 Å². The molecule has 1 aromatic heterocycles. The zero-order valence-electron chi connectivity index (χ0n) is 13.5. The Morgan fingerprint density at radius 2 is 1.84 bits per heavy atom. The van der Waals surface area contributed by atoms with Crippen molar-refractivity contribution in [2.45, 2.75) is 12.7 Å². The number of benzene rings is 1. The second-order valence-electron chi connectivity index (χ2n) is 5.93. The molecule has 1 fully saturated rings. The summed E-state index contributed by atoms with van der Waals surface area (Å²) < 4.78 is 40.0. The average molecular weight is 346 g/mol. The van der Waals surface area contributed by atoms with Gasteiger partial charge in [-0.05, 0) is 30.3 Å². The average Bonchev–Trinajstić information content (AvgIpc) is 2.62. The van der Waals surface area contributed by atoms with Crippen LogP contribution in [0.2, 0.25) is 0 Å².